The molecular weight excluding hydrogens is 338 g/mol. The number of rotatable bonds is 1. The van der Waals surface area contributed by atoms with Crippen LogP contribution in [0.1, 0.15) is 43.7 Å². The topological polar surface area (TPSA) is 119 Å². The van der Waals surface area contributed by atoms with Gasteiger partial charge in [-0.05, 0) is 50.3 Å². The second-order valence-corrected chi connectivity index (χ2v) is 7.53. The summed E-state index contributed by atoms with van der Waals surface area (Å²) in [5.41, 5.74) is 0.341. The third-order valence-electron chi connectivity index (χ3n) is 6.14. The summed E-state index contributed by atoms with van der Waals surface area (Å²) in [6.45, 7) is 1.87. The highest BCUT2D eigenvalue weighted by atomic mass is 16.5. The average Bonchev–Trinajstić information content (AvgIpc) is 2.54. The molecule has 1 saturated carbocycles. The van der Waals surface area contributed by atoms with Crippen molar-refractivity contribution in [3.8, 4) is 11.5 Å². The van der Waals surface area contributed by atoms with E-state index in [1.165, 1.54) is 7.11 Å². The first-order valence-electron chi connectivity index (χ1n) is 8.98. The number of carbonyl (C=O) groups is 1. The van der Waals surface area contributed by atoms with E-state index in [9.17, 15) is 15.3 Å². The lowest BCUT2D eigenvalue weighted by molar-refractivity contribution is -0.146. The van der Waals surface area contributed by atoms with Crippen LogP contribution < -0.4 is 10.1 Å². The summed E-state index contributed by atoms with van der Waals surface area (Å²) in [6.07, 6.45) is 2.63. The fourth-order valence-electron chi connectivity index (χ4n) is 5.15. The molecule has 0 unspecified atom stereocenters. The molecule has 5 N–H and O–H groups in total. The first kappa shape index (κ1) is 18.9. The zero-order valence-corrected chi connectivity index (χ0v) is 15.2. The van der Waals surface area contributed by atoms with Crippen LogP contribution in [0, 0.1) is 0 Å². The van der Waals surface area contributed by atoms with Gasteiger partial charge in [0.1, 0.15) is 0 Å². The molecule has 2 aliphatic carbocycles. The summed E-state index contributed by atoms with van der Waals surface area (Å²) in [5, 5.41) is 43.4. The van der Waals surface area contributed by atoms with Crippen molar-refractivity contribution in [3.05, 3.63) is 23.3 Å². The number of aliphatic hydroxyl groups excluding tert-OH is 1. The van der Waals surface area contributed by atoms with Crippen molar-refractivity contribution in [1.82, 2.24) is 5.32 Å². The number of aliphatic carboxylic acids is 1. The van der Waals surface area contributed by atoms with Crippen LogP contribution in [0.4, 0.5) is 0 Å². The molecule has 0 spiro atoms. The van der Waals surface area contributed by atoms with E-state index in [1.54, 1.807) is 6.07 Å². The Labute approximate surface area is 152 Å². The number of fused-ring (bicyclic) bond motifs is 1. The molecule has 1 heterocycles. The van der Waals surface area contributed by atoms with Crippen LogP contribution in [0.25, 0.3) is 0 Å². The first-order valence-corrected chi connectivity index (χ1v) is 8.98. The number of methoxy groups -OCH3 is 1. The van der Waals surface area contributed by atoms with Crippen molar-refractivity contribution in [3.63, 3.8) is 0 Å². The van der Waals surface area contributed by atoms with Crippen LogP contribution in [0.3, 0.4) is 0 Å². The minimum absolute atomic E-state index is 0.0194. The summed E-state index contributed by atoms with van der Waals surface area (Å²) >= 11 is 0. The van der Waals surface area contributed by atoms with Crippen molar-refractivity contribution < 1.29 is 30.0 Å². The van der Waals surface area contributed by atoms with Gasteiger partial charge in [0.2, 0.25) is 0 Å². The fourth-order valence-corrected chi connectivity index (χ4v) is 5.15. The SMILES string of the molecule is CC(=O)O.COc1ccc2c(c1O)[C@]13CCN[C@H](C2)[C@]1(O)CC[C@@H](O)C3. The van der Waals surface area contributed by atoms with Gasteiger partial charge in [0.05, 0.1) is 18.8 Å². The lowest BCUT2D eigenvalue weighted by Gasteiger charge is -2.61. The van der Waals surface area contributed by atoms with E-state index in [0.717, 1.165) is 24.6 Å². The molecule has 0 aromatic heterocycles. The molecule has 4 atom stereocenters. The highest BCUT2D eigenvalue weighted by molar-refractivity contribution is 5.63. The molecule has 1 aromatic carbocycles. The normalized spacial score (nSPS) is 34.6. The molecule has 2 fully saturated rings. The Hall–Kier alpha value is -1.83. The van der Waals surface area contributed by atoms with Crippen LogP contribution in [0.15, 0.2) is 12.1 Å². The number of hydrogen-bond acceptors (Lipinski definition) is 6. The maximum atomic E-state index is 11.5. The summed E-state index contributed by atoms with van der Waals surface area (Å²) in [7, 11) is 1.54. The van der Waals surface area contributed by atoms with E-state index in [-0.39, 0.29) is 11.8 Å². The molecule has 1 aliphatic heterocycles. The minimum Gasteiger partial charge on any atom is -0.504 e. The number of aliphatic hydroxyl groups is 2. The minimum atomic E-state index is -0.915. The molecule has 26 heavy (non-hydrogen) atoms. The van der Waals surface area contributed by atoms with Gasteiger partial charge in [0.15, 0.2) is 11.5 Å². The Balaban J connectivity index is 0.000000447. The van der Waals surface area contributed by atoms with Crippen molar-refractivity contribution in [1.29, 1.82) is 0 Å². The smallest absolute Gasteiger partial charge is 0.300 e. The Morgan fingerprint density at radius 3 is 2.69 bits per heavy atom. The lowest BCUT2D eigenvalue weighted by atomic mass is 9.49. The van der Waals surface area contributed by atoms with E-state index in [1.807, 2.05) is 6.07 Å². The molecule has 4 rings (SSSR count). The third kappa shape index (κ3) is 2.74. The van der Waals surface area contributed by atoms with Crippen molar-refractivity contribution in [2.24, 2.45) is 0 Å². The quantitative estimate of drug-likeness (QED) is 0.502. The highest BCUT2D eigenvalue weighted by Gasteiger charge is 2.63. The average molecular weight is 365 g/mol. The molecule has 3 aliphatic rings. The zero-order chi connectivity index (χ0) is 19.1. The maximum absolute atomic E-state index is 11.5. The number of aromatic hydroxyl groups is 1. The molecule has 1 saturated heterocycles. The van der Waals surface area contributed by atoms with Crippen molar-refractivity contribution in [2.75, 3.05) is 13.7 Å². The Morgan fingerprint density at radius 1 is 1.35 bits per heavy atom. The van der Waals surface area contributed by atoms with Gasteiger partial charge in [-0.25, -0.2) is 0 Å². The Kier molecular flexibility index (Phi) is 4.90. The zero-order valence-electron chi connectivity index (χ0n) is 15.2. The van der Waals surface area contributed by atoms with Crippen LogP contribution in [-0.4, -0.2) is 57.8 Å². The molecule has 144 valence electrons. The van der Waals surface area contributed by atoms with Gasteiger partial charge in [-0.3, -0.25) is 4.79 Å². The number of phenols is 1. The number of hydrogen-bond donors (Lipinski definition) is 5. The van der Waals surface area contributed by atoms with Gasteiger partial charge < -0.3 is 30.5 Å². The van der Waals surface area contributed by atoms with E-state index in [0.29, 0.717) is 37.9 Å². The number of benzene rings is 1. The molecule has 1 aromatic rings. The van der Waals surface area contributed by atoms with Crippen LogP contribution in [0.5, 0.6) is 11.5 Å². The van der Waals surface area contributed by atoms with Gasteiger partial charge in [0.25, 0.3) is 5.97 Å². The van der Waals surface area contributed by atoms with Crippen molar-refractivity contribution in [2.45, 2.75) is 62.2 Å². The number of ether oxygens (including phenoxy) is 1. The van der Waals surface area contributed by atoms with Crippen LogP contribution >= 0.6 is 0 Å². The van der Waals surface area contributed by atoms with Gasteiger partial charge >= 0.3 is 0 Å². The Bertz CT molecular complexity index is 704. The molecule has 2 bridgehead atoms. The van der Waals surface area contributed by atoms with E-state index in [2.05, 4.69) is 5.32 Å². The van der Waals surface area contributed by atoms with Gasteiger partial charge in [0, 0.05) is 23.9 Å². The fraction of sp³-hybridized carbons (Fsp3) is 0.632. The number of phenolic OH excluding ortho intramolecular Hbond substituents is 1. The molecular formula is C19H27NO6. The Morgan fingerprint density at radius 2 is 2.04 bits per heavy atom. The van der Waals surface area contributed by atoms with E-state index in [4.69, 9.17) is 14.6 Å². The van der Waals surface area contributed by atoms with Gasteiger partial charge in [-0.2, -0.15) is 0 Å². The highest BCUT2D eigenvalue weighted by Crippen LogP contribution is 2.59. The van der Waals surface area contributed by atoms with E-state index < -0.39 is 23.1 Å². The summed E-state index contributed by atoms with van der Waals surface area (Å²) in [4.78, 5) is 9.00. The van der Waals surface area contributed by atoms with Crippen LogP contribution in [0.2, 0.25) is 0 Å². The second kappa shape index (κ2) is 6.72. The first-order chi connectivity index (χ1) is 12.2. The summed E-state index contributed by atoms with van der Waals surface area (Å²) < 4.78 is 5.28. The van der Waals surface area contributed by atoms with Gasteiger partial charge in [-0.1, -0.05) is 6.07 Å². The number of carboxylic acids is 1. The number of carboxylic acid groups (broad SMARTS) is 1. The number of nitrogens with one attached hydrogen (secondary N) is 1. The molecule has 7 nitrogen and oxygen atoms in total. The standard InChI is InChI=1S/C17H23NO4.C2H4O2/c1-22-12-3-2-10-8-13-17(21)5-4-11(19)9-16(17,6-7-18-13)14(10)15(12)20;1-2(3)4/h2-3,11,13,18-21H,4-9H2,1H3;1H3,(H,3,4)/t11-,13-,16-,17-;/m1./s1. The summed E-state index contributed by atoms with van der Waals surface area (Å²) in [5.74, 6) is -0.264. The molecule has 0 amide bonds. The van der Waals surface area contributed by atoms with Crippen LogP contribution in [-0.2, 0) is 16.6 Å². The lowest BCUT2D eigenvalue weighted by Crippen LogP contribution is -2.72. The monoisotopic (exact) mass is 365 g/mol. The largest absolute Gasteiger partial charge is 0.504 e. The van der Waals surface area contributed by atoms with Gasteiger partial charge in [-0.15, -0.1) is 0 Å². The maximum Gasteiger partial charge on any atom is 0.300 e. The second-order valence-electron chi connectivity index (χ2n) is 7.53. The predicted octanol–water partition coefficient (Wildman–Crippen LogP) is 0.923. The predicted molar refractivity (Wildman–Crippen MR) is 94.6 cm³/mol. The van der Waals surface area contributed by atoms with Crippen molar-refractivity contribution >= 4 is 5.97 Å². The molecule has 0 radical (unpaired) electrons. The molecule has 7 heteroatoms. The summed E-state index contributed by atoms with van der Waals surface area (Å²) in [6, 6.07) is 3.74. The third-order valence-corrected chi connectivity index (χ3v) is 6.14. The number of piperidine rings is 1. The van der Waals surface area contributed by atoms with E-state index >= 15 is 0 Å².